The zero-order chi connectivity index (χ0) is 16.3. The highest BCUT2D eigenvalue weighted by Crippen LogP contribution is 2.39. The van der Waals surface area contributed by atoms with E-state index < -0.39 is 23.3 Å². The predicted molar refractivity (Wildman–Crippen MR) is 79.4 cm³/mol. The summed E-state index contributed by atoms with van der Waals surface area (Å²) in [5.41, 5.74) is -1.18. The van der Waals surface area contributed by atoms with E-state index in [2.05, 4.69) is 5.32 Å². The minimum absolute atomic E-state index is 0.188. The standard InChI is InChI=1S/C13H12ClF3N2O2S/c1-2-21-12(20)18-11-19(7-10(14)22-11)9-5-3-4-8(6-9)13(15,16)17/h3-7,11H,2H2,1H3,(H,18,20). The van der Waals surface area contributed by atoms with E-state index in [1.807, 2.05) is 0 Å². The van der Waals surface area contributed by atoms with Gasteiger partial charge in [0.25, 0.3) is 0 Å². The Hall–Kier alpha value is -1.54. The molecule has 1 atom stereocenters. The first-order valence-electron chi connectivity index (χ1n) is 6.24. The molecule has 0 bridgehead atoms. The van der Waals surface area contributed by atoms with Gasteiger partial charge in [0.1, 0.15) is 0 Å². The number of thioether (sulfide) groups is 1. The van der Waals surface area contributed by atoms with Crippen molar-refractivity contribution in [3.05, 3.63) is 40.4 Å². The van der Waals surface area contributed by atoms with Gasteiger partial charge in [-0.3, -0.25) is 5.32 Å². The van der Waals surface area contributed by atoms with Gasteiger partial charge in [-0.25, -0.2) is 4.79 Å². The maximum atomic E-state index is 12.8. The van der Waals surface area contributed by atoms with E-state index in [1.54, 1.807) is 6.92 Å². The molecular weight excluding hydrogens is 341 g/mol. The summed E-state index contributed by atoms with van der Waals surface area (Å²) in [5, 5.41) is 2.53. The van der Waals surface area contributed by atoms with Crippen LogP contribution in [-0.4, -0.2) is 18.2 Å². The second-order valence-corrected chi connectivity index (χ2v) is 5.98. The Balaban J connectivity index is 2.23. The van der Waals surface area contributed by atoms with Crippen LogP contribution in [0.1, 0.15) is 12.5 Å². The van der Waals surface area contributed by atoms with Gasteiger partial charge in [-0.05, 0) is 25.1 Å². The molecule has 120 valence electrons. The molecule has 0 radical (unpaired) electrons. The molecule has 1 amide bonds. The molecule has 4 nitrogen and oxygen atoms in total. The molecule has 0 spiro atoms. The van der Waals surface area contributed by atoms with Crippen LogP contribution in [0.4, 0.5) is 23.7 Å². The van der Waals surface area contributed by atoms with Gasteiger partial charge in [0.2, 0.25) is 0 Å². The number of ether oxygens (including phenoxy) is 1. The third-order valence-corrected chi connectivity index (χ3v) is 3.97. The van der Waals surface area contributed by atoms with Gasteiger partial charge in [-0.15, -0.1) is 0 Å². The lowest BCUT2D eigenvalue weighted by atomic mass is 10.2. The molecule has 9 heteroatoms. The topological polar surface area (TPSA) is 41.6 Å². The Morgan fingerprint density at radius 2 is 2.23 bits per heavy atom. The van der Waals surface area contributed by atoms with Crippen LogP contribution in [0.2, 0.25) is 0 Å². The zero-order valence-electron chi connectivity index (χ0n) is 11.4. The van der Waals surface area contributed by atoms with Crippen molar-refractivity contribution in [1.29, 1.82) is 0 Å². The molecule has 22 heavy (non-hydrogen) atoms. The number of benzene rings is 1. The Morgan fingerprint density at radius 1 is 1.50 bits per heavy atom. The van der Waals surface area contributed by atoms with Crippen LogP contribution in [0.3, 0.4) is 0 Å². The number of carbonyl (C=O) groups is 1. The Labute approximate surface area is 134 Å². The second-order valence-electron chi connectivity index (χ2n) is 4.22. The summed E-state index contributed by atoms with van der Waals surface area (Å²) in [6.45, 7) is 1.84. The molecule has 0 aromatic heterocycles. The van der Waals surface area contributed by atoms with Gasteiger partial charge < -0.3 is 9.64 Å². The lowest BCUT2D eigenvalue weighted by Crippen LogP contribution is -2.42. The van der Waals surface area contributed by atoms with E-state index in [1.165, 1.54) is 23.2 Å². The largest absolute Gasteiger partial charge is 0.450 e. The molecule has 1 aliphatic heterocycles. The Bertz CT molecular complexity index is 595. The molecule has 1 N–H and O–H groups in total. The summed E-state index contributed by atoms with van der Waals surface area (Å²) in [6, 6.07) is 4.77. The van der Waals surface area contributed by atoms with Crippen LogP contribution in [0.5, 0.6) is 0 Å². The number of halogens is 4. The van der Waals surface area contributed by atoms with E-state index in [-0.39, 0.29) is 12.3 Å². The highest BCUT2D eigenvalue weighted by molar-refractivity contribution is 8.05. The quantitative estimate of drug-likeness (QED) is 0.879. The van der Waals surface area contributed by atoms with Crippen LogP contribution in [0, 0.1) is 0 Å². The first-order valence-corrected chi connectivity index (χ1v) is 7.50. The fraction of sp³-hybridized carbons (Fsp3) is 0.308. The van der Waals surface area contributed by atoms with Gasteiger partial charge in [0.15, 0.2) is 5.50 Å². The fourth-order valence-electron chi connectivity index (χ4n) is 1.80. The lowest BCUT2D eigenvalue weighted by molar-refractivity contribution is -0.137. The Morgan fingerprint density at radius 3 is 2.86 bits per heavy atom. The van der Waals surface area contributed by atoms with Gasteiger partial charge in [0, 0.05) is 11.9 Å². The maximum absolute atomic E-state index is 12.8. The Kier molecular flexibility index (Phi) is 5.12. The van der Waals surface area contributed by atoms with Crippen molar-refractivity contribution >= 4 is 35.1 Å². The van der Waals surface area contributed by atoms with Crippen molar-refractivity contribution < 1.29 is 22.7 Å². The summed E-state index contributed by atoms with van der Waals surface area (Å²) in [5.74, 6) is 0. The number of nitrogens with one attached hydrogen (secondary N) is 1. The van der Waals surface area contributed by atoms with E-state index >= 15 is 0 Å². The molecule has 1 aliphatic rings. The maximum Gasteiger partial charge on any atom is 0.416 e. The zero-order valence-corrected chi connectivity index (χ0v) is 12.9. The van der Waals surface area contributed by atoms with Crippen molar-refractivity contribution in [1.82, 2.24) is 5.32 Å². The summed E-state index contributed by atoms with van der Waals surface area (Å²) in [7, 11) is 0. The van der Waals surface area contributed by atoms with Crippen LogP contribution in [-0.2, 0) is 10.9 Å². The average Bonchev–Trinajstić information content (AvgIpc) is 2.79. The van der Waals surface area contributed by atoms with Crippen molar-refractivity contribution in [3.63, 3.8) is 0 Å². The van der Waals surface area contributed by atoms with Crippen LogP contribution < -0.4 is 10.2 Å². The molecule has 0 fully saturated rings. The summed E-state index contributed by atoms with van der Waals surface area (Å²) >= 11 is 7.01. The van der Waals surface area contributed by atoms with Gasteiger partial charge in [0.05, 0.1) is 16.5 Å². The van der Waals surface area contributed by atoms with E-state index in [4.69, 9.17) is 16.3 Å². The smallest absolute Gasteiger partial charge is 0.416 e. The fourth-order valence-corrected chi connectivity index (χ4v) is 2.99. The second kappa shape index (κ2) is 6.70. The van der Waals surface area contributed by atoms with Crippen molar-refractivity contribution in [2.75, 3.05) is 11.5 Å². The highest BCUT2D eigenvalue weighted by atomic mass is 35.5. The first-order chi connectivity index (χ1) is 10.3. The van der Waals surface area contributed by atoms with Crippen molar-refractivity contribution in [2.45, 2.75) is 18.6 Å². The number of hydrogen-bond acceptors (Lipinski definition) is 4. The number of amides is 1. The average molecular weight is 353 g/mol. The molecule has 1 heterocycles. The molecule has 0 saturated heterocycles. The van der Waals surface area contributed by atoms with Gasteiger partial charge >= 0.3 is 12.3 Å². The molecule has 0 saturated carbocycles. The number of alkyl halides is 3. The van der Waals surface area contributed by atoms with Crippen LogP contribution >= 0.6 is 23.4 Å². The normalized spacial score (nSPS) is 18.1. The summed E-state index contributed by atoms with van der Waals surface area (Å²) in [6.07, 6.45) is -3.66. The number of hydrogen-bond donors (Lipinski definition) is 1. The monoisotopic (exact) mass is 352 g/mol. The SMILES string of the molecule is CCOC(=O)NC1SC(Cl)=CN1c1cccc(C(F)(F)F)c1. The molecule has 1 unspecified atom stereocenters. The highest BCUT2D eigenvalue weighted by Gasteiger charge is 2.33. The van der Waals surface area contributed by atoms with E-state index in [0.29, 0.717) is 4.36 Å². The number of anilines is 1. The van der Waals surface area contributed by atoms with Crippen LogP contribution in [0.25, 0.3) is 0 Å². The van der Waals surface area contributed by atoms with Gasteiger partial charge in [-0.2, -0.15) is 13.2 Å². The predicted octanol–water partition coefficient (Wildman–Crippen LogP) is 4.33. The molecule has 1 aromatic rings. The molecular formula is C13H12ClF3N2O2S. The number of alkyl carbamates (subject to hydrolysis) is 1. The minimum Gasteiger partial charge on any atom is -0.450 e. The number of carbonyl (C=O) groups excluding carboxylic acids is 1. The summed E-state index contributed by atoms with van der Waals surface area (Å²) < 4.78 is 43.5. The third kappa shape index (κ3) is 4.01. The van der Waals surface area contributed by atoms with Gasteiger partial charge in [-0.1, -0.05) is 29.4 Å². The van der Waals surface area contributed by atoms with E-state index in [9.17, 15) is 18.0 Å². The molecule has 2 rings (SSSR count). The first kappa shape index (κ1) is 16.8. The third-order valence-electron chi connectivity index (χ3n) is 2.71. The molecule has 0 aliphatic carbocycles. The number of nitrogens with zero attached hydrogens (tertiary/aromatic N) is 1. The molecule has 1 aromatic carbocycles. The summed E-state index contributed by atoms with van der Waals surface area (Å²) in [4.78, 5) is 12.9. The van der Waals surface area contributed by atoms with Crippen molar-refractivity contribution in [3.8, 4) is 0 Å². The number of rotatable bonds is 3. The minimum atomic E-state index is -4.44. The van der Waals surface area contributed by atoms with E-state index in [0.717, 1.165) is 23.9 Å². The van der Waals surface area contributed by atoms with Crippen molar-refractivity contribution in [2.24, 2.45) is 0 Å². The van der Waals surface area contributed by atoms with Crippen LogP contribution in [0.15, 0.2) is 34.8 Å². The lowest BCUT2D eigenvalue weighted by Gasteiger charge is -2.25.